The first kappa shape index (κ1) is 21.7. The lowest BCUT2D eigenvalue weighted by atomic mass is 10.1. The zero-order chi connectivity index (χ0) is 20.6. The smallest absolute Gasteiger partial charge is 0.120 e. The van der Waals surface area contributed by atoms with Gasteiger partial charge in [-0.25, -0.2) is 0 Å². The van der Waals surface area contributed by atoms with Crippen LogP contribution in [0.5, 0.6) is 11.5 Å². The summed E-state index contributed by atoms with van der Waals surface area (Å²) in [5.74, 6) is 1.91. The lowest BCUT2D eigenvalue weighted by molar-refractivity contribution is 0.222. The van der Waals surface area contributed by atoms with Gasteiger partial charge >= 0.3 is 0 Å². The number of likely N-dealkylation sites (N-methyl/N-ethyl adjacent to an activating group) is 2. The molecule has 4 heteroatoms. The molecular weight excluding hydrogens is 360 g/mol. The molecule has 0 N–H and O–H groups in total. The Morgan fingerprint density at radius 1 is 0.655 bits per heavy atom. The summed E-state index contributed by atoms with van der Waals surface area (Å²) in [6.45, 7) is 16.4. The molecule has 0 saturated heterocycles. The lowest BCUT2D eigenvalue weighted by Gasteiger charge is -2.18. The highest BCUT2D eigenvalue weighted by Crippen LogP contribution is 2.40. The SMILES string of the molecule is CCN(CC)CCOc1ccc2c(c1)-c1cc(OCCN(CC)CC)ccc1C2. The maximum absolute atomic E-state index is 6.05. The molecule has 0 heterocycles. The Hall–Kier alpha value is -2.04. The van der Waals surface area contributed by atoms with Crippen molar-refractivity contribution >= 4 is 0 Å². The number of hydrogen-bond acceptors (Lipinski definition) is 4. The summed E-state index contributed by atoms with van der Waals surface area (Å²) >= 11 is 0. The van der Waals surface area contributed by atoms with Gasteiger partial charge in [0.1, 0.15) is 24.7 Å². The Morgan fingerprint density at radius 3 is 1.45 bits per heavy atom. The highest BCUT2D eigenvalue weighted by Gasteiger charge is 2.20. The second-order valence-corrected chi connectivity index (χ2v) is 7.57. The third-order valence-electron chi connectivity index (χ3n) is 5.98. The first-order chi connectivity index (χ1) is 14.2. The number of ether oxygens (including phenoxy) is 2. The zero-order valence-electron chi connectivity index (χ0n) is 18.5. The summed E-state index contributed by atoms with van der Waals surface area (Å²) in [5, 5.41) is 0. The molecule has 0 amide bonds. The molecule has 158 valence electrons. The van der Waals surface area contributed by atoms with E-state index >= 15 is 0 Å². The van der Waals surface area contributed by atoms with Crippen molar-refractivity contribution in [1.82, 2.24) is 9.80 Å². The fourth-order valence-corrected chi connectivity index (χ4v) is 3.97. The van der Waals surface area contributed by atoms with E-state index in [1.54, 1.807) is 0 Å². The summed E-state index contributed by atoms with van der Waals surface area (Å²) in [7, 11) is 0. The van der Waals surface area contributed by atoms with Gasteiger partial charge in [0.15, 0.2) is 0 Å². The fourth-order valence-electron chi connectivity index (χ4n) is 3.97. The van der Waals surface area contributed by atoms with Gasteiger partial charge in [0.2, 0.25) is 0 Å². The molecule has 1 aliphatic rings. The molecule has 2 aromatic rings. The predicted molar refractivity (Wildman–Crippen MR) is 121 cm³/mol. The van der Waals surface area contributed by atoms with Gasteiger partial charge in [-0.15, -0.1) is 0 Å². The molecule has 3 rings (SSSR count). The van der Waals surface area contributed by atoms with E-state index in [0.29, 0.717) is 0 Å². The topological polar surface area (TPSA) is 24.9 Å². The minimum absolute atomic E-state index is 0.724. The molecule has 2 aromatic carbocycles. The van der Waals surface area contributed by atoms with Gasteiger partial charge in [-0.1, -0.05) is 39.8 Å². The maximum Gasteiger partial charge on any atom is 0.120 e. The molecule has 1 aliphatic carbocycles. The first-order valence-corrected chi connectivity index (χ1v) is 11.1. The minimum atomic E-state index is 0.724. The molecule has 4 nitrogen and oxygen atoms in total. The molecule has 0 atom stereocenters. The van der Waals surface area contributed by atoms with E-state index < -0.39 is 0 Å². The van der Waals surface area contributed by atoms with Crippen LogP contribution in [0.15, 0.2) is 36.4 Å². The first-order valence-electron chi connectivity index (χ1n) is 11.1. The third kappa shape index (κ3) is 5.52. The van der Waals surface area contributed by atoms with Gasteiger partial charge in [-0.05, 0) is 79.1 Å². The quantitative estimate of drug-likeness (QED) is 0.443. The highest BCUT2D eigenvalue weighted by molar-refractivity contribution is 5.78. The Kier molecular flexibility index (Phi) is 7.96. The Bertz CT molecular complexity index is 717. The van der Waals surface area contributed by atoms with Crippen molar-refractivity contribution in [3.63, 3.8) is 0 Å². The van der Waals surface area contributed by atoms with Gasteiger partial charge in [0.05, 0.1) is 0 Å². The maximum atomic E-state index is 6.05. The van der Waals surface area contributed by atoms with Crippen molar-refractivity contribution in [3.05, 3.63) is 47.5 Å². The summed E-state index contributed by atoms with van der Waals surface area (Å²) in [6, 6.07) is 13.0. The van der Waals surface area contributed by atoms with Crippen LogP contribution in [0.1, 0.15) is 38.8 Å². The van der Waals surface area contributed by atoms with Crippen molar-refractivity contribution in [2.75, 3.05) is 52.5 Å². The van der Waals surface area contributed by atoms with Crippen LogP contribution in [0.4, 0.5) is 0 Å². The van der Waals surface area contributed by atoms with Crippen molar-refractivity contribution in [3.8, 4) is 22.6 Å². The predicted octanol–water partition coefficient (Wildman–Crippen LogP) is 4.70. The Balaban J connectivity index is 1.65. The van der Waals surface area contributed by atoms with Crippen LogP contribution >= 0.6 is 0 Å². The average Bonchev–Trinajstić information content (AvgIpc) is 3.11. The molecule has 0 bridgehead atoms. The number of nitrogens with zero attached hydrogens (tertiary/aromatic N) is 2. The normalized spacial score (nSPS) is 12.3. The van der Waals surface area contributed by atoms with Crippen LogP contribution in [-0.4, -0.2) is 62.3 Å². The molecule has 0 saturated carbocycles. The van der Waals surface area contributed by atoms with Crippen LogP contribution in [0.2, 0.25) is 0 Å². The zero-order valence-corrected chi connectivity index (χ0v) is 18.5. The number of rotatable bonds is 12. The van der Waals surface area contributed by atoms with E-state index in [-0.39, 0.29) is 0 Å². The minimum Gasteiger partial charge on any atom is -0.492 e. The number of benzene rings is 2. The largest absolute Gasteiger partial charge is 0.492 e. The standard InChI is InChI=1S/C25H36N2O2/c1-5-26(6-2)13-15-28-22-11-9-20-17-21-10-12-23(19-25(21)24(20)18-22)29-16-14-27(7-3)8-4/h9-12,18-19H,5-8,13-17H2,1-4H3. The van der Waals surface area contributed by atoms with Crippen molar-refractivity contribution in [2.45, 2.75) is 34.1 Å². The Labute approximate surface area is 176 Å². The second kappa shape index (κ2) is 10.7. The van der Waals surface area contributed by atoms with Crippen LogP contribution in [0, 0.1) is 0 Å². The molecule has 0 unspecified atom stereocenters. The summed E-state index contributed by atoms with van der Waals surface area (Å²) in [5.41, 5.74) is 5.32. The molecule has 0 aromatic heterocycles. The monoisotopic (exact) mass is 396 g/mol. The van der Waals surface area contributed by atoms with Crippen molar-refractivity contribution < 1.29 is 9.47 Å². The van der Waals surface area contributed by atoms with E-state index in [4.69, 9.17) is 9.47 Å². The van der Waals surface area contributed by atoms with E-state index in [9.17, 15) is 0 Å². The van der Waals surface area contributed by atoms with Crippen LogP contribution < -0.4 is 9.47 Å². The van der Waals surface area contributed by atoms with E-state index in [0.717, 1.165) is 70.4 Å². The van der Waals surface area contributed by atoms with Crippen LogP contribution in [0.25, 0.3) is 11.1 Å². The van der Waals surface area contributed by atoms with Gasteiger partial charge in [0, 0.05) is 13.1 Å². The summed E-state index contributed by atoms with van der Waals surface area (Å²) in [6.07, 6.45) is 0.990. The molecule has 29 heavy (non-hydrogen) atoms. The molecule has 0 spiro atoms. The summed E-state index contributed by atoms with van der Waals surface area (Å²) in [4.78, 5) is 4.76. The van der Waals surface area contributed by atoms with Crippen LogP contribution in [0.3, 0.4) is 0 Å². The van der Waals surface area contributed by atoms with Gasteiger partial charge < -0.3 is 19.3 Å². The highest BCUT2D eigenvalue weighted by atomic mass is 16.5. The van der Waals surface area contributed by atoms with E-state index in [2.05, 4.69) is 73.9 Å². The average molecular weight is 397 g/mol. The van der Waals surface area contributed by atoms with Crippen molar-refractivity contribution in [2.24, 2.45) is 0 Å². The van der Waals surface area contributed by atoms with Gasteiger partial charge in [-0.2, -0.15) is 0 Å². The lowest BCUT2D eigenvalue weighted by Crippen LogP contribution is -2.27. The summed E-state index contributed by atoms with van der Waals surface area (Å²) < 4.78 is 12.1. The molecular formula is C25H36N2O2. The van der Waals surface area contributed by atoms with Gasteiger partial charge in [-0.3, -0.25) is 0 Å². The van der Waals surface area contributed by atoms with Crippen molar-refractivity contribution in [1.29, 1.82) is 0 Å². The molecule has 0 aliphatic heterocycles. The molecule has 0 radical (unpaired) electrons. The Morgan fingerprint density at radius 2 is 1.07 bits per heavy atom. The third-order valence-corrected chi connectivity index (χ3v) is 5.98. The van der Waals surface area contributed by atoms with Gasteiger partial charge in [0.25, 0.3) is 0 Å². The second-order valence-electron chi connectivity index (χ2n) is 7.57. The van der Waals surface area contributed by atoms with E-state index in [1.165, 1.54) is 22.3 Å². The van der Waals surface area contributed by atoms with E-state index in [1.807, 2.05) is 0 Å². The number of hydrogen-bond donors (Lipinski definition) is 0. The number of fused-ring (bicyclic) bond motifs is 3. The molecule has 0 fully saturated rings. The van der Waals surface area contributed by atoms with Crippen LogP contribution in [-0.2, 0) is 6.42 Å². The fraction of sp³-hybridized carbons (Fsp3) is 0.520.